The van der Waals surface area contributed by atoms with Crippen LogP contribution in [-0.2, 0) is 6.54 Å². The van der Waals surface area contributed by atoms with Gasteiger partial charge in [0.05, 0.1) is 5.69 Å². The van der Waals surface area contributed by atoms with Crippen LogP contribution >= 0.6 is 11.3 Å². The van der Waals surface area contributed by atoms with Gasteiger partial charge >= 0.3 is 0 Å². The number of thiazole rings is 1. The second kappa shape index (κ2) is 5.26. The lowest BCUT2D eigenvalue weighted by molar-refractivity contribution is 1.07. The fourth-order valence-electron chi connectivity index (χ4n) is 1.73. The SMILES string of the molecule is NCc1ccc(-c2csc(-c3ncccn3)n2)cc1. The first-order valence-corrected chi connectivity index (χ1v) is 6.77. The van der Waals surface area contributed by atoms with E-state index >= 15 is 0 Å². The van der Waals surface area contributed by atoms with Gasteiger partial charge in [-0.25, -0.2) is 15.0 Å². The van der Waals surface area contributed by atoms with Crippen molar-refractivity contribution in [2.45, 2.75) is 6.54 Å². The number of hydrogen-bond acceptors (Lipinski definition) is 5. The fourth-order valence-corrected chi connectivity index (χ4v) is 2.50. The van der Waals surface area contributed by atoms with Gasteiger partial charge in [0.2, 0.25) is 0 Å². The van der Waals surface area contributed by atoms with E-state index in [2.05, 4.69) is 15.0 Å². The molecule has 3 aromatic rings. The third-order valence-corrected chi connectivity index (χ3v) is 3.58. The molecule has 94 valence electrons. The standard InChI is InChI=1S/C14H12N4S/c15-8-10-2-4-11(5-3-10)12-9-19-14(18-12)13-16-6-1-7-17-13/h1-7,9H,8,15H2. The number of aromatic nitrogens is 3. The van der Waals surface area contributed by atoms with Crippen LogP contribution in [0.4, 0.5) is 0 Å². The first-order chi connectivity index (χ1) is 9.36. The molecule has 5 heteroatoms. The van der Waals surface area contributed by atoms with Crippen molar-refractivity contribution in [3.8, 4) is 22.1 Å². The monoisotopic (exact) mass is 268 g/mol. The number of rotatable bonds is 3. The maximum atomic E-state index is 5.59. The Labute approximate surface area is 115 Å². The number of nitrogens with two attached hydrogens (primary N) is 1. The lowest BCUT2D eigenvalue weighted by atomic mass is 10.1. The largest absolute Gasteiger partial charge is 0.326 e. The number of benzene rings is 1. The zero-order valence-corrected chi connectivity index (χ0v) is 11.0. The second-order valence-electron chi connectivity index (χ2n) is 4.01. The highest BCUT2D eigenvalue weighted by molar-refractivity contribution is 7.13. The van der Waals surface area contributed by atoms with Gasteiger partial charge in [-0.15, -0.1) is 11.3 Å². The maximum absolute atomic E-state index is 5.59. The number of nitrogens with zero attached hydrogens (tertiary/aromatic N) is 3. The summed E-state index contributed by atoms with van der Waals surface area (Å²) in [6, 6.07) is 9.91. The first kappa shape index (κ1) is 12.0. The Bertz CT molecular complexity index is 661. The summed E-state index contributed by atoms with van der Waals surface area (Å²) < 4.78 is 0. The van der Waals surface area contributed by atoms with Gasteiger partial charge in [0.25, 0.3) is 0 Å². The van der Waals surface area contributed by atoms with Crippen molar-refractivity contribution < 1.29 is 0 Å². The Kier molecular flexibility index (Phi) is 3.31. The molecule has 2 N–H and O–H groups in total. The molecule has 2 aromatic heterocycles. The van der Waals surface area contributed by atoms with E-state index in [1.54, 1.807) is 29.8 Å². The van der Waals surface area contributed by atoms with E-state index < -0.39 is 0 Å². The van der Waals surface area contributed by atoms with Crippen molar-refractivity contribution in [1.29, 1.82) is 0 Å². The lowest BCUT2D eigenvalue weighted by Crippen LogP contribution is -1.95. The molecule has 0 radical (unpaired) electrons. The van der Waals surface area contributed by atoms with Crippen LogP contribution in [0.2, 0.25) is 0 Å². The smallest absolute Gasteiger partial charge is 0.188 e. The summed E-state index contributed by atoms with van der Waals surface area (Å²) in [5, 5.41) is 2.85. The molecule has 0 saturated heterocycles. The number of hydrogen-bond donors (Lipinski definition) is 1. The molecule has 0 bridgehead atoms. The van der Waals surface area contributed by atoms with E-state index in [1.807, 2.05) is 29.6 Å². The van der Waals surface area contributed by atoms with Crippen LogP contribution in [0.3, 0.4) is 0 Å². The molecule has 4 nitrogen and oxygen atoms in total. The minimum absolute atomic E-state index is 0.556. The van der Waals surface area contributed by atoms with Gasteiger partial charge < -0.3 is 5.73 Å². The molecule has 19 heavy (non-hydrogen) atoms. The first-order valence-electron chi connectivity index (χ1n) is 5.89. The van der Waals surface area contributed by atoms with Crippen molar-refractivity contribution in [3.05, 3.63) is 53.7 Å². The van der Waals surface area contributed by atoms with Gasteiger partial charge in [0.1, 0.15) is 0 Å². The quantitative estimate of drug-likeness (QED) is 0.793. The van der Waals surface area contributed by atoms with Crippen LogP contribution in [0.1, 0.15) is 5.56 Å². The van der Waals surface area contributed by atoms with Crippen molar-refractivity contribution in [2.24, 2.45) is 5.73 Å². The Morgan fingerprint density at radius 1 is 1.05 bits per heavy atom. The zero-order chi connectivity index (χ0) is 13.1. The Morgan fingerprint density at radius 3 is 2.47 bits per heavy atom. The summed E-state index contributed by atoms with van der Waals surface area (Å²) in [7, 11) is 0. The van der Waals surface area contributed by atoms with Crippen LogP contribution in [-0.4, -0.2) is 15.0 Å². The van der Waals surface area contributed by atoms with Crippen molar-refractivity contribution in [1.82, 2.24) is 15.0 Å². The van der Waals surface area contributed by atoms with Gasteiger partial charge in [-0.3, -0.25) is 0 Å². The van der Waals surface area contributed by atoms with Crippen LogP contribution < -0.4 is 5.73 Å². The molecule has 0 aliphatic rings. The highest BCUT2D eigenvalue weighted by atomic mass is 32.1. The van der Waals surface area contributed by atoms with Crippen molar-refractivity contribution >= 4 is 11.3 Å². The summed E-state index contributed by atoms with van der Waals surface area (Å²) in [6.45, 7) is 0.556. The van der Waals surface area contributed by atoms with E-state index in [1.165, 1.54) is 0 Å². The summed E-state index contributed by atoms with van der Waals surface area (Å²) >= 11 is 1.55. The molecule has 0 aliphatic heterocycles. The molecule has 0 amide bonds. The summed E-state index contributed by atoms with van der Waals surface area (Å²) in [6.07, 6.45) is 3.44. The van der Waals surface area contributed by atoms with Gasteiger partial charge in [0.15, 0.2) is 10.8 Å². The van der Waals surface area contributed by atoms with Crippen molar-refractivity contribution in [3.63, 3.8) is 0 Å². The summed E-state index contributed by atoms with van der Waals surface area (Å²) in [5.74, 6) is 0.664. The van der Waals surface area contributed by atoms with E-state index in [-0.39, 0.29) is 0 Å². The molecule has 0 spiro atoms. The van der Waals surface area contributed by atoms with E-state index in [4.69, 9.17) is 5.73 Å². The van der Waals surface area contributed by atoms with Gasteiger partial charge in [-0.1, -0.05) is 24.3 Å². The van der Waals surface area contributed by atoms with Crippen molar-refractivity contribution in [2.75, 3.05) is 0 Å². The Morgan fingerprint density at radius 2 is 1.79 bits per heavy atom. The van der Waals surface area contributed by atoms with Gasteiger partial charge in [-0.2, -0.15) is 0 Å². The summed E-state index contributed by atoms with van der Waals surface area (Å²) in [4.78, 5) is 13.0. The molecular formula is C14H12N4S. The molecule has 0 unspecified atom stereocenters. The maximum Gasteiger partial charge on any atom is 0.188 e. The highest BCUT2D eigenvalue weighted by Crippen LogP contribution is 2.26. The van der Waals surface area contributed by atoms with Gasteiger partial charge in [-0.05, 0) is 11.6 Å². The molecule has 2 heterocycles. The highest BCUT2D eigenvalue weighted by Gasteiger charge is 2.08. The summed E-state index contributed by atoms with van der Waals surface area (Å²) in [5.41, 5.74) is 8.72. The minimum atomic E-state index is 0.556. The van der Waals surface area contributed by atoms with Crippen LogP contribution in [0.15, 0.2) is 48.1 Å². The fraction of sp³-hybridized carbons (Fsp3) is 0.0714. The molecule has 1 aromatic carbocycles. The van der Waals surface area contributed by atoms with Crippen LogP contribution in [0, 0.1) is 0 Å². The Hall–Kier alpha value is -2.11. The predicted octanol–water partition coefficient (Wildman–Crippen LogP) is 2.73. The van der Waals surface area contributed by atoms with E-state index in [9.17, 15) is 0 Å². The van der Waals surface area contributed by atoms with E-state index in [0.717, 1.165) is 21.8 Å². The zero-order valence-electron chi connectivity index (χ0n) is 10.2. The molecule has 0 atom stereocenters. The normalized spacial score (nSPS) is 10.6. The minimum Gasteiger partial charge on any atom is -0.326 e. The topological polar surface area (TPSA) is 64.7 Å². The molecular weight excluding hydrogens is 256 g/mol. The van der Waals surface area contributed by atoms with Crippen LogP contribution in [0.25, 0.3) is 22.1 Å². The van der Waals surface area contributed by atoms with Crippen LogP contribution in [0.5, 0.6) is 0 Å². The molecule has 0 aliphatic carbocycles. The lowest BCUT2D eigenvalue weighted by Gasteiger charge is -1.99. The Balaban J connectivity index is 1.92. The molecule has 0 fully saturated rings. The average Bonchev–Trinajstić information content (AvgIpc) is 2.98. The third-order valence-electron chi connectivity index (χ3n) is 2.75. The third kappa shape index (κ3) is 2.52. The molecule has 0 saturated carbocycles. The molecule has 3 rings (SSSR count). The average molecular weight is 268 g/mol. The van der Waals surface area contributed by atoms with Gasteiger partial charge in [0, 0.05) is 29.9 Å². The predicted molar refractivity (Wildman–Crippen MR) is 76.5 cm³/mol. The second-order valence-corrected chi connectivity index (χ2v) is 4.87. The van der Waals surface area contributed by atoms with E-state index in [0.29, 0.717) is 12.4 Å².